The van der Waals surface area contributed by atoms with Crippen molar-refractivity contribution in [3.63, 3.8) is 0 Å². The van der Waals surface area contributed by atoms with E-state index in [1.165, 1.54) is 0 Å². The number of hydrogen-bond acceptors (Lipinski definition) is 6. The first-order valence-corrected chi connectivity index (χ1v) is 7.29. The van der Waals surface area contributed by atoms with E-state index in [0.717, 1.165) is 23.2 Å². The van der Waals surface area contributed by atoms with E-state index in [-0.39, 0.29) is 31.1 Å². The molecule has 0 N–H and O–H groups in total. The Balaban J connectivity index is 1.87. The summed E-state index contributed by atoms with van der Waals surface area (Å²) in [7, 11) is 0. The Kier molecular flexibility index (Phi) is 6.29. The number of rotatable bonds is 5. The minimum absolute atomic E-state index is 0.0420. The average Bonchev–Trinajstić information content (AvgIpc) is 2.51. The van der Waals surface area contributed by atoms with E-state index in [1.54, 1.807) is 0 Å². The van der Waals surface area contributed by atoms with E-state index < -0.39 is 37.8 Å². The first-order chi connectivity index (χ1) is 12.0. The topological polar surface area (TPSA) is 60.9 Å². The zero-order chi connectivity index (χ0) is 19.4. The molecule has 12 heteroatoms. The normalized spacial score (nSPS) is 19.2. The zero-order valence-corrected chi connectivity index (χ0v) is 13.1. The van der Waals surface area contributed by atoms with Gasteiger partial charge in [0.25, 0.3) is 0 Å². The van der Waals surface area contributed by atoms with Gasteiger partial charge in [0, 0.05) is 18.8 Å². The van der Waals surface area contributed by atoms with Gasteiger partial charge in [0.05, 0.1) is 25.3 Å². The lowest BCUT2D eigenvalue weighted by Crippen LogP contribution is -2.47. The minimum Gasteiger partial charge on any atom is -0.468 e. The maximum Gasteiger partial charge on any atom is 0.422 e. The van der Waals surface area contributed by atoms with Gasteiger partial charge < -0.3 is 14.2 Å². The van der Waals surface area contributed by atoms with E-state index in [4.69, 9.17) is 9.47 Å². The summed E-state index contributed by atoms with van der Waals surface area (Å²) in [4.78, 5) is 16.5. The first-order valence-electron chi connectivity index (χ1n) is 7.29. The molecule has 2 rings (SSSR count). The highest BCUT2D eigenvalue weighted by Crippen LogP contribution is 2.20. The van der Waals surface area contributed by atoms with Gasteiger partial charge in [-0.3, -0.25) is 4.90 Å². The van der Waals surface area contributed by atoms with Crippen molar-refractivity contribution in [1.82, 2.24) is 9.88 Å². The Bertz CT molecular complexity index is 605. The molecule has 26 heavy (non-hydrogen) atoms. The summed E-state index contributed by atoms with van der Waals surface area (Å²) in [5.41, 5.74) is -0.110. The Morgan fingerprint density at radius 3 is 2.54 bits per heavy atom. The number of morpholine rings is 1. The van der Waals surface area contributed by atoms with Gasteiger partial charge >= 0.3 is 18.3 Å². The number of halogens is 6. The summed E-state index contributed by atoms with van der Waals surface area (Å²) in [6, 6.07) is 2.16. The summed E-state index contributed by atoms with van der Waals surface area (Å²) in [6.45, 7) is -2.95. The Hall–Kier alpha value is -2.08. The summed E-state index contributed by atoms with van der Waals surface area (Å²) >= 11 is 0. The van der Waals surface area contributed by atoms with E-state index in [1.807, 2.05) is 0 Å². The molecule has 1 aliphatic heterocycles. The molecule has 1 aromatic heterocycles. The van der Waals surface area contributed by atoms with Gasteiger partial charge in [0.1, 0.15) is 0 Å². The van der Waals surface area contributed by atoms with Crippen LogP contribution in [0.15, 0.2) is 18.3 Å². The number of aromatic nitrogens is 1. The predicted molar refractivity (Wildman–Crippen MR) is 73.4 cm³/mol. The van der Waals surface area contributed by atoms with Gasteiger partial charge in [-0.1, -0.05) is 0 Å². The number of hydrogen-bond donors (Lipinski definition) is 0. The van der Waals surface area contributed by atoms with Crippen LogP contribution < -0.4 is 4.74 Å². The fourth-order valence-electron chi connectivity index (χ4n) is 2.07. The second kappa shape index (κ2) is 8.08. The SMILES string of the molecule is O=C(OC1CN(CC(F)(F)F)CCO1)c1ccc(OCC(F)(F)F)nc1. The molecule has 0 aliphatic carbocycles. The number of pyridine rings is 1. The minimum atomic E-state index is -4.53. The quantitative estimate of drug-likeness (QED) is 0.570. The number of carbonyl (C=O) groups is 1. The molecule has 1 unspecified atom stereocenters. The van der Waals surface area contributed by atoms with Gasteiger partial charge in [-0.15, -0.1) is 0 Å². The summed E-state index contributed by atoms with van der Waals surface area (Å²) < 4.78 is 87.7. The maximum atomic E-state index is 12.4. The third kappa shape index (κ3) is 7.04. The van der Waals surface area contributed by atoms with Gasteiger partial charge in [-0.05, 0) is 6.07 Å². The van der Waals surface area contributed by atoms with Crippen LogP contribution in [0.4, 0.5) is 26.3 Å². The van der Waals surface area contributed by atoms with Crippen molar-refractivity contribution in [3.05, 3.63) is 23.9 Å². The third-order valence-electron chi connectivity index (χ3n) is 3.12. The standard InChI is InChI=1S/C14H14F6N2O4/c15-13(16,17)7-22-3-4-24-11(6-22)26-12(23)9-1-2-10(21-5-9)25-8-14(18,19)20/h1-2,5,11H,3-4,6-8H2. The molecule has 2 heterocycles. The molecule has 1 saturated heterocycles. The van der Waals surface area contributed by atoms with Crippen LogP contribution in [0.5, 0.6) is 5.88 Å². The average molecular weight is 388 g/mol. The molecule has 0 spiro atoms. The van der Waals surface area contributed by atoms with Crippen molar-refractivity contribution in [2.24, 2.45) is 0 Å². The molecule has 0 aromatic carbocycles. The van der Waals surface area contributed by atoms with Gasteiger partial charge in [-0.25, -0.2) is 9.78 Å². The van der Waals surface area contributed by atoms with Crippen LogP contribution in [0.25, 0.3) is 0 Å². The van der Waals surface area contributed by atoms with Crippen molar-refractivity contribution < 1.29 is 45.3 Å². The van der Waals surface area contributed by atoms with E-state index in [2.05, 4.69) is 9.72 Å². The Morgan fingerprint density at radius 1 is 1.23 bits per heavy atom. The largest absolute Gasteiger partial charge is 0.468 e. The molecule has 1 atom stereocenters. The van der Waals surface area contributed by atoms with Gasteiger partial charge in [0.2, 0.25) is 12.2 Å². The molecule has 1 aromatic rings. The van der Waals surface area contributed by atoms with Crippen molar-refractivity contribution in [2.75, 3.05) is 32.8 Å². The van der Waals surface area contributed by atoms with Gasteiger partial charge in [0.15, 0.2) is 6.61 Å². The monoisotopic (exact) mass is 388 g/mol. The number of alkyl halides is 6. The summed E-state index contributed by atoms with van der Waals surface area (Å²) in [5, 5.41) is 0. The van der Waals surface area contributed by atoms with Crippen molar-refractivity contribution in [2.45, 2.75) is 18.6 Å². The molecule has 6 nitrogen and oxygen atoms in total. The van der Waals surface area contributed by atoms with Crippen LogP contribution in [0, 0.1) is 0 Å². The number of nitrogens with zero attached hydrogens (tertiary/aromatic N) is 2. The Labute approximate surface area is 143 Å². The molecule has 0 amide bonds. The molecular formula is C14H14F6N2O4. The van der Waals surface area contributed by atoms with Crippen LogP contribution in [-0.2, 0) is 9.47 Å². The number of carbonyl (C=O) groups excluding carboxylic acids is 1. The maximum absolute atomic E-state index is 12.4. The van der Waals surface area contributed by atoms with E-state index in [0.29, 0.717) is 0 Å². The van der Waals surface area contributed by atoms with Crippen molar-refractivity contribution in [3.8, 4) is 5.88 Å². The van der Waals surface area contributed by atoms with Crippen LogP contribution >= 0.6 is 0 Å². The van der Waals surface area contributed by atoms with Crippen LogP contribution in [-0.4, -0.2) is 67.3 Å². The second-order valence-corrected chi connectivity index (χ2v) is 5.34. The lowest BCUT2D eigenvalue weighted by molar-refractivity contribution is -0.187. The predicted octanol–water partition coefficient (Wildman–Crippen LogP) is 2.40. The molecule has 1 fully saturated rings. The third-order valence-corrected chi connectivity index (χ3v) is 3.12. The Morgan fingerprint density at radius 2 is 1.96 bits per heavy atom. The summed E-state index contributed by atoms with van der Waals surface area (Å²) in [6.07, 6.45) is -9.17. The van der Waals surface area contributed by atoms with Gasteiger partial charge in [-0.2, -0.15) is 26.3 Å². The smallest absolute Gasteiger partial charge is 0.422 e. The lowest BCUT2D eigenvalue weighted by Gasteiger charge is -2.32. The zero-order valence-electron chi connectivity index (χ0n) is 13.1. The van der Waals surface area contributed by atoms with E-state index >= 15 is 0 Å². The molecule has 0 radical (unpaired) electrons. The second-order valence-electron chi connectivity index (χ2n) is 5.34. The molecule has 146 valence electrons. The van der Waals surface area contributed by atoms with Crippen LogP contribution in [0.3, 0.4) is 0 Å². The summed E-state index contributed by atoms with van der Waals surface area (Å²) in [5.74, 6) is -1.28. The number of esters is 1. The number of ether oxygens (including phenoxy) is 3. The molecule has 0 bridgehead atoms. The fraction of sp³-hybridized carbons (Fsp3) is 0.571. The van der Waals surface area contributed by atoms with Crippen molar-refractivity contribution in [1.29, 1.82) is 0 Å². The van der Waals surface area contributed by atoms with Crippen LogP contribution in [0.2, 0.25) is 0 Å². The highest BCUT2D eigenvalue weighted by Gasteiger charge is 2.34. The highest BCUT2D eigenvalue weighted by molar-refractivity contribution is 5.89. The molecule has 0 saturated carbocycles. The van der Waals surface area contributed by atoms with Crippen molar-refractivity contribution >= 4 is 5.97 Å². The molecular weight excluding hydrogens is 374 g/mol. The fourth-order valence-corrected chi connectivity index (χ4v) is 2.07. The van der Waals surface area contributed by atoms with Crippen LogP contribution in [0.1, 0.15) is 10.4 Å². The molecule has 1 aliphatic rings. The lowest BCUT2D eigenvalue weighted by atomic mass is 10.3. The van der Waals surface area contributed by atoms with E-state index in [9.17, 15) is 31.1 Å². The first kappa shape index (κ1) is 20.2. The highest BCUT2D eigenvalue weighted by atomic mass is 19.4.